The van der Waals surface area contributed by atoms with Crippen LogP contribution in [-0.2, 0) is 0 Å². The molecule has 0 aliphatic heterocycles. The number of thioether (sulfide) groups is 1. The highest BCUT2D eigenvalue weighted by Gasteiger charge is 2.00. The molecule has 2 nitrogen and oxygen atoms in total. The fourth-order valence-corrected chi connectivity index (χ4v) is 2.06. The first-order chi connectivity index (χ1) is 7.26. The fraction of sp³-hybridized carbons (Fsp3) is 0.500. The van der Waals surface area contributed by atoms with E-state index in [1.54, 1.807) is 0 Å². The van der Waals surface area contributed by atoms with E-state index in [1.807, 2.05) is 23.9 Å². The molecule has 1 aromatic carbocycles. The summed E-state index contributed by atoms with van der Waals surface area (Å²) in [5.74, 6) is 2.01. The predicted molar refractivity (Wildman–Crippen MR) is 67.7 cm³/mol. The van der Waals surface area contributed by atoms with Crippen LogP contribution < -0.4 is 10.5 Å². The zero-order chi connectivity index (χ0) is 11.1. The second kappa shape index (κ2) is 6.62. The van der Waals surface area contributed by atoms with Crippen LogP contribution >= 0.6 is 11.8 Å². The average molecular weight is 225 g/mol. The highest BCUT2D eigenvalue weighted by atomic mass is 32.2. The molecule has 0 saturated heterocycles. The van der Waals surface area contributed by atoms with Crippen LogP contribution in [0.1, 0.15) is 26.7 Å². The van der Waals surface area contributed by atoms with Crippen LogP contribution in [0.5, 0.6) is 5.75 Å². The topological polar surface area (TPSA) is 35.2 Å². The molecule has 2 N–H and O–H groups in total. The molecular weight excluding hydrogens is 206 g/mol. The van der Waals surface area contributed by atoms with E-state index in [4.69, 9.17) is 10.5 Å². The second-order valence-corrected chi connectivity index (χ2v) is 4.60. The van der Waals surface area contributed by atoms with E-state index in [1.165, 1.54) is 11.3 Å². The highest BCUT2D eigenvalue weighted by Crippen LogP contribution is 2.27. The van der Waals surface area contributed by atoms with E-state index in [0.717, 1.165) is 30.2 Å². The summed E-state index contributed by atoms with van der Waals surface area (Å²) in [6.45, 7) is 5.02. The Morgan fingerprint density at radius 2 is 2.00 bits per heavy atom. The van der Waals surface area contributed by atoms with Gasteiger partial charge in [-0.05, 0) is 30.7 Å². The minimum Gasteiger partial charge on any atom is -0.493 e. The molecule has 0 aromatic heterocycles. The van der Waals surface area contributed by atoms with Gasteiger partial charge in [-0.15, -0.1) is 11.8 Å². The molecule has 0 saturated carbocycles. The van der Waals surface area contributed by atoms with Crippen LogP contribution in [0.2, 0.25) is 0 Å². The van der Waals surface area contributed by atoms with E-state index in [9.17, 15) is 0 Å². The monoisotopic (exact) mass is 225 g/mol. The maximum absolute atomic E-state index is 5.81. The third-order valence-corrected chi connectivity index (χ3v) is 3.03. The largest absolute Gasteiger partial charge is 0.493 e. The number of anilines is 1. The van der Waals surface area contributed by atoms with Gasteiger partial charge in [0.15, 0.2) is 0 Å². The summed E-state index contributed by atoms with van der Waals surface area (Å²) in [4.78, 5) is 1.20. The van der Waals surface area contributed by atoms with Crippen molar-refractivity contribution in [2.75, 3.05) is 18.1 Å². The lowest BCUT2D eigenvalue weighted by atomic mass is 10.3. The van der Waals surface area contributed by atoms with Gasteiger partial charge < -0.3 is 10.5 Å². The Balaban J connectivity index is 2.66. The lowest BCUT2D eigenvalue weighted by Gasteiger charge is -2.08. The van der Waals surface area contributed by atoms with Crippen LogP contribution in [-0.4, -0.2) is 12.4 Å². The molecule has 0 amide bonds. The number of nitrogen functional groups attached to an aromatic ring is 1. The van der Waals surface area contributed by atoms with Gasteiger partial charge in [0.2, 0.25) is 0 Å². The van der Waals surface area contributed by atoms with Crippen molar-refractivity contribution in [2.45, 2.75) is 31.6 Å². The standard InChI is InChI=1S/C12H19NOS/c1-3-5-14-11-7-10(13)8-12(9-11)15-6-4-2/h7-9H,3-6,13H2,1-2H3. The third kappa shape index (κ3) is 4.47. The van der Waals surface area contributed by atoms with Crippen LogP contribution in [0.3, 0.4) is 0 Å². The summed E-state index contributed by atoms with van der Waals surface area (Å²) in [5, 5.41) is 0. The molecule has 0 unspecified atom stereocenters. The maximum atomic E-state index is 5.81. The quantitative estimate of drug-likeness (QED) is 0.594. The molecular formula is C12H19NOS. The van der Waals surface area contributed by atoms with Gasteiger partial charge in [-0.1, -0.05) is 13.8 Å². The van der Waals surface area contributed by atoms with Crippen LogP contribution in [0.25, 0.3) is 0 Å². The van der Waals surface area contributed by atoms with Gasteiger partial charge in [-0.3, -0.25) is 0 Å². The zero-order valence-corrected chi connectivity index (χ0v) is 10.3. The molecule has 0 fully saturated rings. The molecule has 0 bridgehead atoms. The Labute approximate surface area is 96.2 Å². The summed E-state index contributed by atoms with van der Waals surface area (Å²) in [6.07, 6.45) is 2.19. The minimum atomic E-state index is 0.751. The lowest BCUT2D eigenvalue weighted by Crippen LogP contribution is -1.96. The maximum Gasteiger partial charge on any atom is 0.122 e. The van der Waals surface area contributed by atoms with Gasteiger partial charge in [0, 0.05) is 16.6 Å². The van der Waals surface area contributed by atoms with Crippen LogP contribution in [0, 0.1) is 0 Å². The van der Waals surface area contributed by atoms with Gasteiger partial charge in [-0.2, -0.15) is 0 Å². The number of benzene rings is 1. The normalized spacial score (nSPS) is 10.3. The fourth-order valence-electron chi connectivity index (χ4n) is 1.20. The van der Waals surface area contributed by atoms with E-state index in [0.29, 0.717) is 0 Å². The molecule has 0 spiro atoms. The third-order valence-electron chi connectivity index (χ3n) is 1.85. The van der Waals surface area contributed by atoms with Crippen molar-refractivity contribution in [3.63, 3.8) is 0 Å². The molecule has 0 heterocycles. The number of hydrogen-bond acceptors (Lipinski definition) is 3. The van der Waals surface area contributed by atoms with Crippen molar-refractivity contribution < 1.29 is 4.74 Å². The minimum absolute atomic E-state index is 0.751. The van der Waals surface area contributed by atoms with E-state index < -0.39 is 0 Å². The Hall–Kier alpha value is -0.830. The molecule has 3 heteroatoms. The first-order valence-corrected chi connectivity index (χ1v) is 6.41. The lowest BCUT2D eigenvalue weighted by molar-refractivity contribution is 0.317. The van der Waals surface area contributed by atoms with Crippen molar-refractivity contribution in [1.29, 1.82) is 0 Å². The first-order valence-electron chi connectivity index (χ1n) is 5.42. The molecule has 0 aliphatic rings. The summed E-state index contributed by atoms with van der Waals surface area (Å²) in [6, 6.07) is 5.94. The first kappa shape index (κ1) is 12.2. The Morgan fingerprint density at radius 1 is 1.20 bits per heavy atom. The zero-order valence-electron chi connectivity index (χ0n) is 9.45. The molecule has 0 aliphatic carbocycles. The number of ether oxygens (including phenoxy) is 1. The summed E-state index contributed by atoms with van der Waals surface area (Å²) < 4.78 is 5.56. The summed E-state index contributed by atoms with van der Waals surface area (Å²) >= 11 is 1.82. The Morgan fingerprint density at radius 3 is 2.67 bits per heavy atom. The Kier molecular flexibility index (Phi) is 5.40. The molecule has 15 heavy (non-hydrogen) atoms. The SMILES string of the molecule is CCCOc1cc(N)cc(SCCC)c1. The predicted octanol–water partition coefficient (Wildman–Crippen LogP) is 3.56. The second-order valence-electron chi connectivity index (χ2n) is 3.43. The van der Waals surface area contributed by atoms with E-state index >= 15 is 0 Å². The van der Waals surface area contributed by atoms with E-state index in [2.05, 4.69) is 19.9 Å². The van der Waals surface area contributed by atoms with Crippen molar-refractivity contribution in [3.8, 4) is 5.75 Å². The molecule has 1 rings (SSSR count). The molecule has 1 aromatic rings. The van der Waals surface area contributed by atoms with Gasteiger partial charge >= 0.3 is 0 Å². The van der Waals surface area contributed by atoms with Gasteiger partial charge in [-0.25, -0.2) is 0 Å². The summed E-state index contributed by atoms with van der Waals surface area (Å²) in [7, 11) is 0. The van der Waals surface area contributed by atoms with E-state index in [-0.39, 0.29) is 0 Å². The van der Waals surface area contributed by atoms with Gasteiger partial charge in [0.05, 0.1) is 6.61 Å². The van der Waals surface area contributed by atoms with Crippen LogP contribution in [0.15, 0.2) is 23.1 Å². The van der Waals surface area contributed by atoms with Gasteiger partial charge in [0.25, 0.3) is 0 Å². The summed E-state index contributed by atoms with van der Waals surface area (Å²) in [5.41, 5.74) is 6.59. The van der Waals surface area contributed by atoms with Crippen molar-refractivity contribution in [3.05, 3.63) is 18.2 Å². The number of hydrogen-bond donors (Lipinski definition) is 1. The smallest absolute Gasteiger partial charge is 0.122 e. The van der Waals surface area contributed by atoms with Crippen LogP contribution in [0.4, 0.5) is 5.69 Å². The molecule has 0 atom stereocenters. The van der Waals surface area contributed by atoms with Crippen molar-refractivity contribution in [1.82, 2.24) is 0 Å². The average Bonchev–Trinajstić information content (AvgIpc) is 2.23. The van der Waals surface area contributed by atoms with Gasteiger partial charge in [0.1, 0.15) is 5.75 Å². The Bertz CT molecular complexity index is 275. The number of rotatable bonds is 6. The van der Waals surface area contributed by atoms with Crippen molar-refractivity contribution >= 4 is 17.4 Å². The van der Waals surface area contributed by atoms with Crippen molar-refractivity contribution in [2.24, 2.45) is 0 Å². The molecule has 84 valence electrons. The number of nitrogens with two attached hydrogens (primary N) is 1. The highest BCUT2D eigenvalue weighted by molar-refractivity contribution is 7.99. The molecule has 0 radical (unpaired) electrons.